The molecule has 0 bridgehead atoms. The molecule has 7 nitrogen and oxygen atoms in total. The number of hydrogen-bond donors (Lipinski definition) is 2. The SMILES string of the molecule is N[C@@H](CCS(=O)(=O)N1CCCOCC1)C(=O)O. The third-order valence-corrected chi connectivity index (χ3v) is 4.48. The average Bonchev–Trinajstić information content (AvgIpc) is 2.54. The van der Waals surface area contributed by atoms with Crippen LogP contribution < -0.4 is 5.73 Å². The third-order valence-electron chi connectivity index (χ3n) is 2.58. The third kappa shape index (κ3) is 4.58. The van der Waals surface area contributed by atoms with Gasteiger partial charge >= 0.3 is 5.97 Å². The van der Waals surface area contributed by atoms with E-state index in [9.17, 15) is 13.2 Å². The Morgan fingerprint density at radius 2 is 2.12 bits per heavy atom. The second-order valence-corrected chi connectivity index (χ2v) is 6.00. The van der Waals surface area contributed by atoms with Crippen LogP contribution in [0.2, 0.25) is 0 Å². The second-order valence-electron chi connectivity index (χ2n) is 3.91. The van der Waals surface area contributed by atoms with Crippen LogP contribution in [0.3, 0.4) is 0 Å². The molecular weight excluding hydrogens is 248 g/mol. The maximum absolute atomic E-state index is 11.9. The molecule has 1 saturated heterocycles. The number of sulfonamides is 1. The number of ether oxygens (including phenoxy) is 1. The fraction of sp³-hybridized carbons (Fsp3) is 0.889. The van der Waals surface area contributed by atoms with Gasteiger partial charge in [0, 0.05) is 19.7 Å². The van der Waals surface area contributed by atoms with Crippen molar-refractivity contribution in [2.24, 2.45) is 5.73 Å². The van der Waals surface area contributed by atoms with E-state index >= 15 is 0 Å². The summed E-state index contributed by atoms with van der Waals surface area (Å²) in [5.41, 5.74) is 5.28. The number of carboxylic acids is 1. The normalized spacial score (nSPS) is 20.8. The molecule has 0 aromatic heterocycles. The minimum atomic E-state index is -3.43. The van der Waals surface area contributed by atoms with Gasteiger partial charge in [0.2, 0.25) is 10.0 Å². The number of nitrogens with zero attached hydrogens (tertiary/aromatic N) is 1. The molecule has 8 heteroatoms. The molecule has 1 fully saturated rings. The zero-order chi connectivity index (χ0) is 12.9. The maximum Gasteiger partial charge on any atom is 0.320 e. The highest BCUT2D eigenvalue weighted by molar-refractivity contribution is 7.89. The van der Waals surface area contributed by atoms with E-state index in [0.717, 1.165) is 0 Å². The van der Waals surface area contributed by atoms with Gasteiger partial charge in [-0.25, -0.2) is 8.42 Å². The summed E-state index contributed by atoms with van der Waals surface area (Å²) in [6.45, 7) is 1.68. The van der Waals surface area contributed by atoms with Gasteiger partial charge in [0.15, 0.2) is 0 Å². The van der Waals surface area contributed by atoms with Gasteiger partial charge in [-0.15, -0.1) is 0 Å². The van der Waals surface area contributed by atoms with Gasteiger partial charge < -0.3 is 15.6 Å². The van der Waals surface area contributed by atoms with Crippen molar-refractivity contribution in [1.82, 2.24) is 4.31 Å². The fourth-order valence-electron chi connectivity index (χ4n) is 1.53. The van der Waals surface area contributed by atoms with E-state index in [4.69, 9.17) is 15.6 Å². The van der Waals surface area contributed by atoms with E-state index in [1.54, 1.807) is 0 Å². The van der Waals surface area contributed by atoms with Crippen molar-refractivity contribution in [3.8, 4) is 0 Å². The number of nitrogens with two attached hydrogens (primary N) is 1. The largest absolute Gasteiger partial charge is 0.480 e. The first-order chi connectivity index (χ1) is 7.93. The van der Waals surface area contributed by atoms with Gasteiger partial charge in [0.25, 0.3) is 0 Å². The van der Waals surface area contributed by atoms with Crippen molar-refractivity contribution in [3.05, 3.63) is 0 Å². The summed E-state index contributed by atoms with van der Waals surface area (Å²) < 4.78 is 30.3. The summed E-state index contributed by atoms with van der Waals surface area (Å²) in [5.74, 6) is -1.42. The van der Waals surface area contributed by atoms with Crippen LogP contribution in [-0.4, -0.2) is 61.9 Å². The van der Waals surface area contributed by atoms with Crippen molar-refractivity contribution < 1.29 is 23.1 Å². The van der Waals surface area contributed by atoms with Crippen molar-refractivity contribution >= 4 is 16.0 Å². The molecule has 0 spiro atoms. The zero-order valence-electron chi connectivity index (χ0n) is 9.54. The van der Waals surface area contributed by atoms with E-state index in [-0.39, 0.29) is 12.2 Å². The molecule has 100 valence electrons. The van der Waals surface area contributed by atoms with Crippen LogP contribution >= 0.6 is 0 Å². The van der Waals surface area contributed by atoms with Crippen LogP contribution in [0.1, 0.15) is 12.8 Å². The van der Waals surface area contributed by atoms with Gasteiger partial charge in [-0.3, -0.25) is 4.79 Å². The molecule has 17 heavy (non-hydrogen) atoms. The molecular formula is C9H18N2O5S. The first-order valence-corrected chi connectivity index (χ1v) is 7.08. The molecule has 0 aromatic rings. The maximum atomic E-state index is 11.9. The van der Waals surface area contributed by atoms with E-state index in [1.807, 2.05) is 0 Å². The van der Waals surface area contributed by atoms with Crippen LogP contribution in [0.15, 0.2) is 0 Å². The summed E-state index contributed by atoms with van der Waals surface area (Å²) in [4.78, 5) is 10.5. The minimum Gasteiger partial charge on any atom is -0.480 e. The average molecular weight is 266 g/mol. The van der Waals surface area contributed by atoms with Crippen molar-refractivity contribution in [1.29, 1.82) is 0 Å². The molecule has 1 aliphatic rings. The molecule has 0 unspecified atom stereocenters. The molecule has 1 heterocycles. The Morgan fingerprint density at radius 3 is 2.76 bits per heavy atom. The van der Waals surface area contributed by atoms with Gasteiger partial charge in [-0.05, 0) is 12.8 Å². The second kappa shape index (κ2) is 6.29. The molecule has 0 saturated carbocycles. The highest BCUT2D eigenvalue weighted by atomic mass is 32.2. The first-order valence-electron chi connectivity index (χ1n) is 5.47. The van der Waals surface area contributed by atoms with Crippen molar-refractivity contribution in [2.45, 2.75) is 18.9 Å². The van der Waals surface area contributed by atoms with Crippen LogP contribution in [0.25, 0.3) is 0 Å². The lowest BCUT2D eigenvalue weighted by Crippen LogP contribution is -2.38. The highest BCUT2D eigenvalue weighted by Gasteiger charge is 2.25. The number of carboxylic acid groups (broad SMARTS) is 1. The quantitative estimate of drug-likeness (QED) is 0.649. The van der Waals surface area contributed by atoms with Gasteiger partial charge in [-0.1, -0.05) is 0 Å². The van der Waals surface area contributed by atoms with Crippen LogP contribution in [0.5, 0.6) is 0 Å². The minimum absolute atomic E-state index is 0.0744. The van der Waals surface area contributed by atoms with Crippen molar-refractivity contribution in [3.63, 3.8) is 0 Å². The summed E-state index contributed by atoms with van der Waals surface area (Å²) in [5, 5.41) is 8.58. The first kappa shape index (κ1) is 14.4. The molecule has 1 atom stereocenters. The molecule has 0 aliphatic carbocycles. The lowest BCUT2D eigenvalue weighted by molar-refractivity contribution is -0.138. The lowest BCUT2D eigenvalue weighted by Gasteiger charge is -2.19. The summed E-state index contributed by atoms with van der Waals surface area (Å²) in [6, 6.07) is -1.13. The van der Waals surface area contributed by atoms with Crippen LogP contribution in [0, 0.1) is 0 Å². The number of hydrogen-bond acceptors (Lipinski definition) is 5. The predicted octanol–water partition coefficient (Wildman–Crippen LogP) is -1.16. The van der Waals surface area contributed by atoms with E-state index in [1.165, 1.54) is 4.31 Å². The monoisotopic (exact) mass is 266 g/mol. The fourth-order valence-corrected chi connectivity index (χ4v) is 3.10. The van der Waals surface area contributed by atoms with Crippen LogP contribution in [0.4, 0.5) is 0 Å². The number of rotatable bonds is 5. The van der Waals surface area contributed by atoms with Crippen LogP contribution in [-0.2, 0) is 19.6 Å². The Morgan fingerprint density at radius 1 is 1.41 bits per heavy atom. The standard InChI is InChI=1S/C9H18N2O5S/c10-8(9(12)13)2-7-17(14,15)11-3-1-5-16-6-4-11/h8H,1-7,10H2,(H,12,13)/t8-/m0/s1. The van der Waals surface area contributed by atoms with E-state index < -0.39 is 22.0 Å². The van der Waals surface area contributed by atoms with Crippen molar-refractivity contribution in [2.75, 3.05) is 32.1 Å². The summed E-state index contributed by atoms with van der Waals surface area (Å²) >= 11 is 0. The smallest absolute Gasteiger partial charge is 0.320 e. The Balaban J connectivity index is 2.52. The van der Waals surface area contributed by atoms with E-state index in [0.29, 0.717) is 32.7 Å². The molecule has 0 amide bonds. The Labute approximate surface area is 101 Å². The van der Waals surface area contributed by atoms with E-state index in [2.05, 4.69) is 0 Å². The Kier molecular flexibility index (Phi) is 5.31. The molecule has 3 N–H and O–H groups in total. The zero-order valence-corrected chi connectivity index (χ0v) is 10.4. The Bertz CT molecular complexity index is 348. The highest BCUT2D eigenvalue weighted by Crippen LogP contribution is 2.08. The lowest BCUT2D eigenvalue weighted by atomic mass is 10.2. The predicted molar refractivity (Wildman–Crippen MR) is 61.0 cm³/mol. The molecule has 1 rings (SSSR count). The summed E-state index contributed by atoms with van der Waals surface area (Å²) in [6.07, 6.45) is 0.583. The molecule has 0 aromatic carbocycles. The molecule has 0 radical (unpaired) electrons. The Hall–Kier alpha value is -0.700. The number of carbonyl (C=O) groups is 1. The topological polar surface area (TPSA) is 110 Å². The van der Waals surface area contributed by atoms with Gasteiger partial charge in [0.1, 0.15) is 6.04 Å². The molecule has 1 aliphatic heterocycles. The van der Waals surface area contributed by atoms with Gasteiger partial charge in [0.05, 0.1) is 12.4 Å². The number of aliphatic carboxylic acids is 1. The van der Waals surface area contributed by atoms with Gasteiger partial charge in [-0.2, -0.15) is 4.31 Å². The summed E-state index contributed by atoms with van der Waals surface area (Å²) in [7, 11) is -3.43.